The molecule has 1 saturated heterocycles. The van der Waals surface area contributed by atoms with Gasteiger partial charge in [0.2, 0.25) is 5.91 Å². The van der Waals surface area contributed by atoms with Gasteiger partial charge in [-0.2, -0.15) is 0 Å². The number of likely N-dealkylation sites (tertiary alicyclic amines) is 1. The number of halogens is 1. The second kappa shape index (κ2) is 3.49. The summed E-state index contributed by atoms with van der Waals surface area (Å²) < 4.78 is 0. The molecular weight excluding hydrogens is 186 g/mol. The molecule has 0 aromatic heterocycles. The lowest BCUT2D eigenvalue weighted by Crippen LogP contribution is -2.30. The van der Waals surface area contributed by atoms with E-state index in [0.717, 1.165) is 32.4 Å². The van der Waals surface area contributed by atoms with Gasteiger partial charge < -0.3 is 4.90 Å². The molecule has 2 rings (SSSR count). The van der Waals surface area contributed by atoms with Gasteiger partial charge in [0.25, 0.3) is 0 Å². The van der Waals surface area contributed by atoms with Crippen molar-refractivity contribution < 1.29 is 4.79 Å². The molecule has 0 radical (unpaired) electrons. The van der Waals surface area contributed by atoms with E-state index in [1.165, 1.54) is 0 Å². The summed E-state index contributed by atoms with van der Waals surface area (Å²) >= 11 is 5.95. The molecule has 3 atom stereocenters. The maximum atomic E-state index is 11.8. The van der Waals surface area contributed by atoms with Crippen LogP contribution in [0, 0.1) is 11.8 Å². The van der Waals surface area contributed by atoms with Crippen LogP contribution in [0.5, 0.6) is 0 Å². The van der Waals surface area contributed by atoms with Crippen molar-refractivity contribution in [2.45, 2.75) is 31.6 Å². The van der Waals surface area contributed by atoms with E-state index in [1.54, 1.807) is 0 Å². The van der Waals surface area contributed by atoms with Crippen LogP contribution in [0.3, 0.4) is 0 Å². The Balaban J connectivity index is 1.85. The van der Waals surface area contributed by atoms with Crippen molar-refractivity contribution in [3.63, 3.8) is 0 Å². The zero-order valence-corrected chi connectivity index (χ0v) is 8.76. The van der Waals surface area contributed by atoms with Crippen molar-refractivity contribution in [3.8, 4) is 0 Å². The molecule has 3 heteroatoms. The summed E-state index contributed by atoms with van der Waals surface area (Å²) in [7, 11) is 0. The highest BCUT2D eigenvalue weighted by molar-refractivity contribution is 6.21. The minimum absolute atomic E-state index is 0.197. The Bertz CT molecular complexity index is 219. The van der Waals surface area contributed by atoms with Crippen LogP contribution in [0.2, 0.25) is 0 Å². The van der Waals surface area contributed by atoms with Gasteiger partial charge in [-0.05, 0) is 18.8 Å². The minimum atomic E-state index is 0.197. The first-order valence-corrected chi connectivity index (χ1v) is 5.59. The van der Waals surface area contributed by atoms with Crippen LogP contribution in [0.25, 0.3) is 0 Å². The van der Waals surface area contributed by atoms with E-state index in [2.05, 4.69) is 6.92 Å². The highest BCUT2D eigenvalue weighted by Crippen LogP contribution is 2.42. The molecule has 2 aliphatic rings. The Morgan fingerprint density at radius 3 is 2.85 bits per heavy atom. The SMILES string of the molecule is CC[C@@H]1C[C@H]1C(=O)N1CCC(Cl)C1. The number of carbonyl (C=O) groups excluding carboxylic acids is 1. The third-order valence-electron chi connectivity index (χ3n) is 3.21. The second-order valence-electron chi connectivity index (χ2n) is 4.18. The van der Waals surface area contributed by atoms with Crippen LogP contribution in [-0.2, 0) is 4.79 Å². The molecule has 2 fully saturated rings. The average Bonchev–Trinajstić information content (AvgIpc) is 2.80. The average molecular weight is 202 g/mol. The van der Waals surface area contributed by atoms with Crippen LogP contribution in [0.4, 0.5) is 0 Å². The molecule has 2 nitrogen and oxygen atoms in total. The van der Waals surface area contributed by atoms with Gasteiger partial charge in [-0.25, -0.2) is 0 Å². The molecular formula is C10H16ClNO. The number of hydrogen-bond acceptors (Lipinski definition) is 1. The van der Waals surface area contributed by atoms with Crippen LogP contribution in [0.1, 0.15) is 26.2 Å². The number of hydrogen-bond donors (Lipinski definition) is 0. The van der Waals surface area contributed by atoms with E-state index in [4.69, 9.17) is 11.6 Å². The Kier molecular flexibility index (Phi) is 2.50. The smallest absolute Gasteiger partial charge is 0.226 e. The maximum absolute atomic E-state index is 11.8. The van der Waals surface area contributed by atoms with Crippen molar-refractivity contribution in [1.29, 1.82) is 0 Å². The lowest BCUT2D eigenvalue weighted by molar-refractivity contribution is -0.131. The zero-order valence-electron chi connectivity index (χ0n) is 8.00. The third-order valence-corrected chi connectivity index (χ3v) is 3.56. The minimum Gasteiger partial charge on any atom is -0.341 e. The molecule has 1 aliphatic carbocycles. The quantitative estimate of drug-likeness (QED) is 0.625. The molecule has 1 saturated carbocycles. The molecule has 1 aliphatic heterocycles. The summed E-state index contributed by atoms with van der Waals surface area (Å²) in [6.45, 7) is 3.81. The lowest BCUT2D eigenvalue weighted by Gasteiger charge is -2.15. The fourth-order valence-corrected chi connectivity index (χ4v) is 2.42. The van der Waals surface area contributed by atoms with Gasteiger partial charge in [0, 0.05) is 19.0 Å². The standard InChI is InChI=1S/C10H16ClNO/c1-2-7-5-9(7)10(13)12-4-3-8(11)6-12/h7-9H,2-6H2,1H3/t7-,8?,9-/m1/s1. The van der Waals surface area contributed by atoms with E-state index in [1.807, 2.05) is 4.90 Å². The predicted octanol–water partition coefficient (Wildman–Crippen LogP) is 1.87. The van der Waals surface area contributed by atoms with Gasteiger partial charge in [-0.1, -0.05) is 13.3 Å². The summed E-state index contributed by atoms with van der Waals surface area (Å²) in [5.74, 6) is 1.36. The van der Waals surface area contributed by atoms with Gasteiger partial charge in [-0.15, -0.1) is 11.6 Å². The van der Waals surface area contributed by atoms with Crippen molar-refractivity contribution in [2.24, 2.45) is 11.8 Å². The topological polar surface area (TPSA) is 20.3 Å². The molecule has 13 heavy (non-hydrogen) atoms. The first kappa shape index (κ1) is 9.32. The van der Waals surface area contributed by atoms with Crippen molar-refractivity contribution >= 4 is 17.5 Å². The molecule has 0 aromatic carbocycles. The van der Waals surface area contributed by atoms with E-state index in [-0.39, 0.29) is 5.38 Å². The molecule has 1 unspecified atom stereocenters. The molecule has 0 bridgehead atoms. The van der Waals surface area contributed by atoms with E-state index >= 15 is 0 Å². The zero-order chi connectivity index (χ0) is 9.42. The number of nitrogens with zero attached hydrogens (tertiary/aromatic N) is 1. The first-order chi connectivity index (χ1) is 6.22. The van der Waals surface area contributed by atoms with E-state index in [0.29, 0.717) is 17.7 Å². The molecule has 74 valence electrons. The Morgan fingerprint density at radius 2 is 2.38 bits per heavy atom. The number of rotatable bonds is 2. The van der Waals surface area contributed by atoms with Crippen LogP contribution >= 0.6 is 11.6 Å². The largest absolute Gasteiger partial charge is 0.341 e. The van der Waals surface area contributed by atoms with Crippen molar-refractivity contribution in [3.05, 3.63) is 0 Å². The summed E-state index contributed by atoms with van der Waals surface area (Å²) in [6.07, 6.45) is 3.23. The van der Waals surface area contributed by atoms with Crippen LogP contribution in [-0.4, -0.2) is 29.3 Å². The van der Waals surface area contributed by atoms with E-state index < -0.39 is 0 Å². The van der Waals surface area contributed by atoms with Crippen LogP contribution in [0.15, 0.2) is 0 Å². The van der Waals surface area contributed by atoms with Crippen LogP contribution < -0.4 is 0 Å². The van der Waals surface area contributed by atoms with Crippen molar-refractivity contribution in [2.75, 3.05) is 13.1 Å². The second-order valence-corrected chi connectivity index (χ2v) is 4.80. The molecule has 0 spiro atoms. The third kappa shape index (κ3) is 1.83. The summed E-state index contributed by atoms with van der Waals surface area (Å²) in [6, 6.07) is 0. The summed E-state index contributed by atoms with van der Waals surface area (Å²) in [4.78, 5) is 13.7. The first-order valence-electron chi connectivity index (χ1n) is 5.15. The predicted molar refractivity (Wildman–Crippen MR) is 52.7 cm³/mol. The van der Waals surface area contributed by atoms with Gasteiger partial charge in [0.15, 0.2) is 0 Å². The monoisotopic (exact) mass is 201 g/mol. The van der Waals surface area contributed by atoms with Gasteiger partial charge in [-0.3, -0.25) is 4.79 Å². The van der Waals surface area contributed by atoms with Gasteiger partial charge >= 0.3 is 0 Å². The Hall–Kier alpha value is -0.240. The summed E-state index contributed by atoms with van der Waals surface area (Å²) in [5, 5.41) is 0.197. The number of alkyl halides is 1. The molecule has 0 aromatic rings. The van der Waals surface area contributed by atoms with E-state index in [9.17, 15) is 4.79 Å². The van der Waals surface area contributed by atoms with Crippen molar-refractivity contribution in [1.82, 2.24) is 4.90 Å². The molecule has 0 N–H and O–H groups in total. The van der Waals surface area contributed by atoms with Gasteiger partial charge in [0.05, 0.1) is 5.38 Å². The normalized spacial score (nSPS) is 38.0. The van der Waals surface area contributed by atoms with Gasteiger partial charge in [0.1, 0.15) is 0 Å². The maximum Gasteiger partial charge on any atom is 0.226 e. The Labute approximate surface area is 84.2 Å². The molecule has 1 amide bonds. The fraction of sp³-hybridized carbons (Fsp3) is 0.900. The number of amides is 1. The lowest BCUT2D eigenvalue weighted by atomic mass is 10.2. The molecule has 1 heterocycles. The fourth-order valence-electron chi connectivity index (χ4n) is 2.15. The number of carbonyl (C=O) groups is 1. The highest BCUT2D eigenvalue weighted by Gasteiger charge is 2.44. The Morgan fingerprint density at radius 1 is 1.62 bits per heavy atom. The summed E-state index contributed by atoms with van der Waals surface area (Å²) in [5.41, 5.74) is 0. The highest BCUT2D eigenvalue weighted by atomic mass is 35.5.